The SMILES string of the molecule is O=C(CO)c1ccc2c(c1)CC1(CC2)CC(=O)N(CC2COC2)C1. The Morgan fingerprint density at radius 3 is 2.83 bits per heavy atom. The van der Waals surface area contributed by atoms with Crippen molar-refractivity contribution in [2.45, 2.75) is 25.7 Å². The van der Waals surface area contributed by atoms with E-state index in [4.69, 9.17) is 9.84 Å². The standard InChI is InChI=1S/C19H23NO4/c21-9-17(22)15-2-1-14-3-4-19(6-16(14)5-15)7-18(23)20(12-19)8-13-10-24-11-13/h1-2,5,13,21H,3-4,6-12H2. The van der Waals surface area contributed by atoms with Crippen molar-refractivity contribution in [3.05, 3.63) is 34.9 Å². The number of rotatable bonds is 4. The number of carbonyl (C=O) groups excluding carboxylic acids is 2. The van der Waals surface area contributed by atoms with Crippen molar-refractivity contribution in [3.8, 4) is 0 Å². The fraction of sp³-hybridized carbons (Fsp3) is 0.579. The number of carbonyl (C=O) groups is 2. The summed E-state index contributed by atoms with van der Waals surface area (Å²) in [4.78, 5) is 26.2. The molecule has 0 radical (unpaired) electrons. The molecule has 5 heteroatoms. The molecule has 1 spiro atoms. The molecule has 0 aromatic heterocycles. The van der Waals surface area contributed by atoms with Gasteiger partial charge < -0.3 is 14.7 Å². The molecule has 1 N–H and O–H groups in total. The number of Topliss-reactive ketones (excluding diaryl/α,β-unsaturated/α-hetero) is 1. The molecule has 1 unspecified atom stereocenters. The van der Waals surface area contributed by atoms with E-state index in [-0.39, 0.29) is 17.1 Å². The highest BCUT2D eigenvalue weighted by Crippen LogP contribution is 2.43. The summed E-state index contributed by atoms with van der Waals surface area (Å²) in [6.07, 6.45) is 3.43. The monoisotopic (exact) mass is 329 g/mol. The molecule has 2 heterocycles. The molecule has 1 atom stereocenters. The van der Waals surface area contributed by atoms with Crippen LogP contribution in [0.15, 0.2) is 18.2 Å². The lowest BCUT2D eigenvalue weighted by Gasteiger charge is -2.35. The zero-order valence-corrected chi connectivity index (χ0v) is 13.8. The van der Waals surface area contributed by atoms with Gasteiger partial charge in [-0.05, 0) is 36.5 Å². The third-order valence-electron chi connectivity index (χ3n) is 5.75. The zero-order chi connectivity index (χ0) is 16.7. The van der Waals surface area contributed by atoms with Gasteiger partial charge in [0.05, 0.1) is 13.2 Å². The highest BCUT2D eigenvalue weighted by molar-refractivity contribution is 5.97. The molecule has 1 aromatic carbocycles. The number of aliphatic hydroxyl groups is 1. The summed E-state index contributed by atoms with van der Waals surface area (Å²) in [6.45, 7) is 2.72. The van der Waals surface area contributed by atoms with E-state index in [0.717, 1.165) is 45.6 Å². The number of aliphatic hydroxyl groups excluding tert-OH is 1. The van der Waals surface area contributed by atoms with E-state index in [9.17, 15) is 9.59 Å². The van der Waals surface area contributed by atoms with Crippen molar-refractivity contribution in [3.63, 3.8) is 0 Å². The molecule has 24 heavy (non-hydrogen) atoms. The first-order valence-electron chi connectivity index (χ1n) is 8.70. The molecule has 2 aliphatic heterocycles. The van der Waals surface area contributed by atoms with Crippen LogP contribution in [0.1, 0.15) is 34.3 Å². The number of amides is 1. The smallest absolute Gasteiger partial charge is 0.223 e. The molecule has 4 rings (SSSR count). The van der Waals surface area contributed by atoms with Crippen molar-refractivity contribution < 1.29 is 19.4 Å². The first-order chi connectivity index (χ1) is 11.6. The Bertz CT molecular complexity index is 682. The highest BCUT2D eigenvalue weighted by atomic mass is 16.5. The van der Waals surface area contributed by atoms with Gasteiger partial charge in [-0.1, -0.05) is 12.1 Å². The molecule has 2 saturated heterocycles. The second kappa shape index (κ2) is 5.97. The van der Waals surface area contributed by atoms with Crippen molar-refractivity contribution in [2.24, 2.45) is 11.3 Å². The van der Waals surface area contributed by atoms with Gasteiger partial charge in [-0.15, -0.1) is 0 Å². The summed E-state index contributed by atoms with van der Waals surface area (Å²) >= 11 is 0. The van der Waals surface area contributed by atoms with Gasteiger partial charge in [-0.25, -0.2) is 0 Å². The molecule has 0 saturated carbocycles. The van der Waals surface area contributed by atoms with Gasteiger partial charge in [-0.3, -0.25) is 9.59 Å². The normalized spacial score (nSPS) is 26.5. The molecule has 5 nitrogen and oxygen atoms in total. The van der Waals surface area contributed by atoms with Crippen LogP contribution in [0.4, 0.5) is 0 Å². The number of hydrogen-bond acceptors (Lipinski definition) is 4. The summed E-state index contributed by atoms with van der Waals surface area (Å²) < 4.78 is 5.22. The van der Waals surface area contributed by atoms with E-state index < -0.39 is 6.61 Å². The summed E-state index contributed by atoms with van der Waals surface area (Å²) in [5, 5.41) is 9.07. The number of aryl methyl sites for hydroxylation is 1. The second-order valence-corrected chi connectivity index (χ2v) is 7.60. The maximum atomic E-state index is 12.5. The van der Waals surface area contributed by atoms with Crippen LogP contribution >= 0.6 is 0 Å². The van der Waals surface area contributed by atoms with Crippen LogP contribution in [-0.2, 0) is 22.4 Å². The Kier molecular flexibility index (Phi) is 3.93. The minimum Gasteiger partial charge on any atom is -0.388 e. The maximum absolute atomic E-state index is 12.5. The molecule has 128 valence electrons. The van der Waals surface area contributed by atoms with Crippen LogP contribution in [0.25, 0.3) is 0 Å². The van der Waals surface area contributed by atoms with Crippen LogP contribution in [0, 0.1) is 11.3 Å². The number of likely N-dealkylation sites (tertiary alicyclic amines) is 1. The minimum absolute atomic E-state index is 0.00950. The van der Waals surface area contributed by atoms with Crippen molar-refractivity contribution in [1.29, 1.82) is 0 Å². The topological polar surface area (TPSA) is 66.8 Å². The molecule has 2 fully saturated rings. The van der Waals surface area contributed by atoms with Gasteiger partial charge in [0, 0.05) is 36.4 Å². The van der Waals surface area contributed by atoms with Gasteiger partial charge in [-0.2, -0.15) is 0 Å². The molecule has 1 amide bonds. The lowest BCUT2D eigenvalue weighted by Crippen LogP contribution is -2.41. The molecule has 0 bridgehead atoms. The van der Waals surface area contributed by atoms with Crippen molar-refractivity contribution in [2.75, 3.05) is 32.9 Å². The lowest BCUT2D eigenvalue weighted by molar-refractivity contribution is -0.130. The van der Waals surface area contributed by atoms with Crippen LogP contribution in [0.3, 0.4) is 0 Å². The Balaban J connectivity index is 1.52. The third-order valence-corrected chi connectivity index (χ3v) is 5.75. The summed E-state index contributed by atoms with van der Waals surface area (Å²) in [5.41, 5.74) is 3.02. The van der Waals surface area contributed by atoms with Crippen LogP contribution < -0.4 is 0 Å². The van der Waals surface area contributed by atoms with Crippen LogP contribution in [0.2, 0.25) is 0 Å². The maximum Gasteiger partial charge on any atom is 0.223 e. The number of ether oxygens (including phenoxy) is 1. The van der Waals surface area contributed by atoms with Crippen molar-refractivity contribution in [1.82, 2.24) is 4.90 Å². The highest BCUT2D eigenvalue weighted by Gasteiger charge is 2.45. The fourth-order valence-electron chi connectivity index (χ4n) is 4.33. The average Bonchev–Trinajstić information content (AvgIpc) is 2.84. The predicted octanol–water partition coefficient (Wildman–Crippen LogP) is 1.22. The van der Waals surface area contributed by atoms with E-state index in [2.05, 4.69) is 0 Å². The van der Waals surface area contributed by atoms with E-state index in [1.807, 2.05) is 17.0 Å². The van der Waals surface area contributed by atoms with E-state index >= 15 is 0 Å². The Morgan fingerprint density at radius 2 is 2.12 bits per heavy atom. The quantitative estimate of drug-likeness (QED) is 0.844. The Hall–Kier alpha value is -1.72. The fourth-order valence-corrected chi connectivity index (χ4v) is 4.33. The zero-order valence-electron chi connectivity index (χ0n) is 13.8. The van der Waals surface area contributed by atoms with E-state index in [1.54, 1.807) is 6.07 Å². The van der Waals surface area contributed by atoms with Gasteiger partial charge in [0.2, 0.25) is 5.91 Å². The second-order valence-electron chi connectivity index (χ2n) is 7.60. The van der Waals surface area contributed by atoms with Crippen molar-refractivity contribution >= 4 is 11.7 Å². The third kappa shape index (κ3) is 2.76. The number of benzene rings is 1. The lowest BCUT2D eigenvalue weighted by atomic mass is 9.70. The van der Waals surface area contributed by atoms with Gasteiger partial charge in [0.1, 0.15) is 6.61 Å². The molecule has 1 aliphatic carbocycles. The van der Waals surface area contributed by atoms with Gasteiger partial charge >= 0.3 is 0 Å². The molecule has 1 aromatic rings. The molecular formula is C19H23NO4. The summed E-state index contributed by atoms with van der Waals surface area (Å²) in [5.74, 6) is 0.508. The number of fused-ring (bicyclic) bond motifs is 1. The molecule has 3 aliphatic rings. The largest absolute Gasteiger partial charge is 0.388 e. The van der Waals surface area contributed by atoms with Gasteiger partial charge in [0.25, 0.3) is 0 Å². The number of nitrogens with zero attached hydrogens (tertiary/aromatic N) is 1. The number of ketones is 1. The Labute approximate surface area is 141 Å². The predicted molar refractivity (Wildman–Crippen MR) is 87.8 cm³/mol. The summed E-state index contributed by atoms with van der Waals surface area (Å²) in [6, 6.07) is 5.73. The first-order valence-corrected chi connectivity index (χ1v) is 8.70. The summed E-state index contributed by atoms with van der Waals surface area (Å²) in [7, 11) is 0. The van der Waals surface area contributed by atoms with E-state index in [1.165, 1.54) is 11.1 Å². The molecular weight excluding hydrogens is 306 g/mol. The van der Waals surface area contributed by atoms with Crippen LogP contribution in [0.5, 0.6) is 0 Å². The first kappa shape index (κ1) is 15.8. The van der Waals surface area contributed by atoms with Crippen LogP contribution in [-0.4, -0.2) is 54.6 Å². The van der Waals surface area contributed by atoms with E-state index in [0.29, 0.717) is 17.9 Å². The number of hydrogen-bond donors (Lipinski definition) is 1. The average molecular weight is 329 g/mol. The van der Waals surface area contributed by atoms with Gasteiger partial charge in [0.15, 0.2) is 5.78 Å². The minimum atomic E-state index is -0.459. The Morgan fingerprint density at radius 1 is 1.29 bits per heavy atom.